The first-order chi connectivity index (χ1) is 13.4. The molecule has 2 aromatic rings. The minimum Gasteiger partial charge on any atom is -0.459 e. The molecule has 1 aliphatic heterocycles. The maximum atomic E-state index is 12.9. The number of carbonyl (C=O) groups excluding carboxylic acids is 2. The molecule has 1 saturated heterocycles. The van der Waals surface area contributed by atoms with Gasteiger partial charge < -0.3 is 20.0 Å². The fourth-order valence-corrected chi connectivity index (χ4v) is 3.31. The number of hydrogen-bond acceptors (Lipinski definition) is 4. The van der Waals surface area contributed by atoms with Crippen LogP contribution in [0.5, 0.6) is 0 Å². The number of carbonyl (C=O) groups is 2. The van der Waals surface area contributed by atoms with Gasteiger partial charge in [0.25, 0.3) is 11.8 Å². The van der Waals surface area contributed by atoms with Gasteiger partial charge in [-0.05, 0) is 55.0 Å². The monoisotopic (exact) mass is 383 g/mol. The summed E-state index contributed by atoms with van der Waals surface area (Å²) in [5.41, 5.74) is 2.09. The highest BCUT2D eigenvalue weighted by Crippen LogP contribution is 2.29. The second-order valence-electron chi connectivity index (χ2n) is 7.94. The van der Waals surface area contributed by atoms with E-state index in [4.69, 9.17) is 4.42 Å². The van der Waals surface area contributed by atoms with E-state index in [1.54, 1.807) is 18.2 Å². The van der Waals surface area contributed by atoms with E-state index < -0.39 is 0 Å². The van der Waals surface area contributed by atoms with Gasteiger partial charge in [0, 0.05) is 31.0 Å². The van der Waals surface area contributed by atoms with Crippen molar-refractivity contribution in [2.75, 3.05) is 29.9 Å². The van der Waals surface area contributed by atoms with Gasteiger partial charge in [0.15, 0.2) is 5.76 Å². The smallest absolute Gasteiger partial charge is 0.291 e. The standard InChI is InChI=1S/C22H29N3O3/c1-15(2)14-23-21(26)18-13-17(24-22(27)20-5-4-12-28-20)6-7-19(18)25-10-8-16(3)9-11-25/h4-7,12-13,15-16H,8-11,14H2,1-3H3,(H,23,26)(H,24,27). The van der Waals surface area contributed by atoms with Gasteiger partial charge in [-0.2, -0.15) is 0 Å². The van der Waals surface area contributed by atoms with Gasteiger partial charge in [-0.1, -0.05) is 20.8 Å². The van der Waals surface area contributed by atoms with Crippen molar-refractivity contribution in [3.8, 4) is 0 Å². The first-order valence-electron chi connectivity index (χ1n) is 9.96. The van der Waals surface area contributed by atoms with Crippen LogP contribution in [0.2, 0.25) is 0 Å². The van der Waals surface area contributed by atoms with Crippen LogP contribution >= 0.6 is 0 Å². The molecule has 1 fully saturated rings. The van der Waals surface area contributed by atoms with Gasteiger partial charge in [-0.3, -0.25) is 9.59 Å². The normalized spacial score (nSPS) is 14.9. The Bertz CT molecular complexity index is 806. The maximum absolute atomic E-state index is 12.9. The molecule has 0 aliphatic carbocycles. The highest BCUT2D eigenvalue weighted by molar-refractivity contribution is 6.05. The van der Waals surface area contributed by atoms with E-state index >= 15 is 0 Å². The lowest BCUT2D eigenvalue weighted by molar-refractivity contribution is 0.0947. The number of anilines is 2. The quantitative estimate of drug-likeness (QED) is 0.786. The Morgan fingerprint density at radius 2 is 1.93 bits per heavy atom. The molecule has 0 radical (unpaired) electrons. The molecule has 1 aromatic heterocycles. The molecule has 1 aromatic carbocycles. The summed E-state index contributed by atoms with van der Waals surface area (Å²) in [6.07, 6.45) is 3.69. The van der Waals surface area contributed by atoms with Crippen LogP contribution in [-0.4, -0.2) is 31.4 Å². The number of benzene rings is 1. The van der Waals surface area contributed by atoms with E-state index in [1.807, 2.05) is 12.1 Å². The molecule has 1 aliphatic rings. The predicted octanol–water partition coefficient (Wildman–Crippen LogP) is 4.15. The highest BCUT2D eigenvalue weighted by atomic mass is 16.3. The molecule has 2 heterocycles. The minimum atomic E-state index is -0.335. The first kappa shape index (κ1) is 20.0. The van der Waals surface area contributed by atoms with Crippen molar-refractivity contribution >= 4 is 23.2 Å². The van der Waals surface area contributed by atoms with E-state index in [1.165, 1.54) is 6.26 Å². The predicted molar refractivity (Wildman–Crippen MR) is 111 cm³/mol. The van der Waals surface area contributed by atoms with E-state index in [0.29, 0.717) is 29.6 Å². The largest absolute Gasteiger partial charge is 0.459 e. The number of amides is 2. The third-order valence-corrected chi connectivity index (χ3v) is 5.04. The Labute approximate surface area is 166 Å². The Kier molecular flexibility index (Phi) is 6.39. The van der Waals surface area contributed by atoms with Crippen molar-refractivity contribution < 1.29 is 14.0 Å². The van der Waals surface area contributed by atoms with E-state index in [-0.39, 0.29) is 17.6 Å². The average molecular weight is 383 g/mol. The van der Waals surface area contributed by atoms with E-state index in [2.05, 4.69) is 36.3 Å². The fraction of sp³-hybridized carbons (Fsp3) is 0.455. The average Bonchev–Trinajstić information content (AvgIpc) is 3.22. The third-order valence-electron chi connectivity index (χ3n) is 5.04. The molecule has 2 N–H and O–H groups in total. The molecular weight excluding hydrogens is 354 g/mol. The van der Waals surface area contributed by atoms with Crippen LogP contribution in [0.1, 0.15) is 54.5 Å². The second-order valence-corrected chi connectivity index (χ2v) is 7.94. The lowest BCUT2D eigenvalue weighted by Crippen LogP contribution is -2.35. The summed E-state index contributed by atoms with van der Waals surface area (Å²) < 4.78 is 5.14. The van der Waals surface area contributed by atoms with Crippen molar-refractivity contribution in [1.29, 1.82) is 0 Å². The summed E-state index contributed by atoms with van der Waals surface area (Å²) in [6, 6.07) is 8.80. The summed E-state index contributed by atoms with van der Waals surface area (Å²) in [7, 11) is 0. The zero-order chi connectivity index (χ0) is 20.1. The molecule has 0 atom stereocenters. The van der Waals surface area contributed by atoms with Gasteiger partial charge in [-0.25, -0.2) is 0 Å². The molecule has 0 spiro atoms. The molecule has 2 amide bonds. The van der Waals surface area contributed by atoms with Crippen LogP contribution in [0.3, 0.4) is 0 Å². The number of furan rings is 1. The summed E-state index contributed by atoms with van der Waals surface area (Å²) in [5.74, 6) is 0.862. The van der Waals surface area contributed by atoms with Crippen LogP contribution in [0, 0.1) is 11.8 Å². The van der Waals surface area contributed by atoms with Crippen LogP contribution < -0.4 is 15.5 Å². The van der Waals surface area contributed by atoms with Crippen molar-refractivity contribution in [2.24, 2.45) is 11.8 Å². The van der Waals surface area contributed by atoms with Gasteiger partial charge in [0.1, 0.15) is 0 Å². The summed E-state index contributed by atoms with van der Waals surface area (Å²) >= 11 is 0. The summed E-state index contributed by atoms with van der Waals surface area (Å²) in [5, 5.41) is 5.81. The van der Waals surface area contributed by atoms with Crippen molar-refractivity contribution in [3.05, 3.63) is 47.9 Å². The number of nitrogens with one attached hydrogen (secondary N) is 2. The van der Waals surface area contributed by atoms with E-state index in [0.717, 1.165) is 31.6 Å². The molecule has 6 nitrogen and oxygen atoms in total. The van der Waals surface area contributed by atoms with Crippen LogP contribution in [-0.2, 0) is 0 Å². The van der Waals surface area contributed by atoms with Gasteiger partial charge >= 0.3 is 0 Å². The Hall–Kier alpha value is -2.76. The van der Waals surface area contributed by atoms with Crippen molar-refractivity contribution in [3.63, 3.8) is 0 Å². The maximum Gasteiger partial charge on any atom is 0.291 e. The van der Waals surface area contributed by atoms with Crippen molar-refractivity contribution in [1.82, 2.24) is 5.32 Å². The lowest BCUT2D eigenvalue weighted by atomic mass is 9.97. The topological polar surface area (TPSA) is 74.6 Å². The summed E-state index contributed by atoms with van der Waals surface area (Å²) in [4.78, 5) is 27.4. The van der Waals surface area contributed by atoms with Gasteiger partial charge in [0.2, 0.25) is 0 Å². The number of hydrogen-bond donors (Lipinski definition) is 2. The number of nitrogens with zero attached hydrogens (tertiary/aromatic N) is 1. The SMILES string of the molecule is CC(C)CNC(=O)c1cc(NC(=O)c2ccco2)ccc1N1CCC(C)CC1. The zero-order valence-electron chi connectivity index (χ0n) is 16.8. The Balaban J connectivity index is 1.84. The van der Waals surface area contributed by atoms with Crippen LogP contribution in [0.15, 0.2) is 41.0 Å². The Morgan fingerprint density at radius 1 is 1.18 bits per heavy atom. The highest BCUT2D eigenvalue weighted by Gasteiger charge is 2.22. The molecule has 6 heteroatoms. The third kappa shape index (κ3) is 4.94. The van der Waals surface area contributed by atoms with Crippen LogP contribution in [0.4, 0.5) is 11.4 Å². The number of rotatable bonds is 6. The molecule has 28 heavy (non-hydrogen) atoms. The van der Waals surface area contributed by atoms with E-state index in [9.17, 15) is 9.59 Å². The summed E-state index contributed by atoms with van der Waals surface area (Å²) in [6.45, 7) is 8.87. The molecule has 150 valence electrons. The minimum absolute atomic E-state index is 0.114. The number of piperidine rings is 1. The molecule has 0 saturated carbocycles. The molecular formula is C22H29N3O3. The van der Waals surface area contributed by atoms with Gasteiger partial charge in [-0.15, -0.1) is 0 Å². The Morgan fingerprint density at radius 3 is 2.57 bits per heavy atom. The molecule has 0 bridgehead atoms. The zero-order valence-corrected chi connectivity index (χ0v) is 16.8. The first-order valence-corrected chi connectivity index (χ1v) is 9.96. The second kappa shape index (κ2) is 8.95. The molecule has 0 unspecified atom stereocenters. The molecule has 3 rings (SSSR count). The van der Waals surface area contributed by atoms with Crippen LogP contribution in [0.25, 0.3) is 0 Å². The lowest BCUT2D eigenvalue weighted by Gasteiger charge is -2.33. The van der Waals surface area contributed by atoms with Crippen molar-refractivity contribution in [2.45, 2.75) is 33.6 Å². The van der Waals surface area contributed by atoms with Gasteiger partial charge in [0.05, 0.1) is 11.8 Å². The fourth-order valence-electron chi connectivity index (χ4n) is 3.31.